The van der Waals surface area contributed by atoms with Crippen LogP contribution in [-0.4, -0.2) is 71.8 Å². The molecule has 4 rings (SSSR count). The maximum absolute atomic E-state index is 13.1. The second kappa shape index (κ2) is 9.52. The third-order valence-corrected chi connectivity index (χ3v) is 6.76. The molecule has 2 saturated heterocycles. The van der Waals surface area contributed by atoms with E-state index in [2.05, 4.69) is 4.90 Å². The summed E-state index contributed by atoms with van der Waals surface area (Å²) in [7, 11) is 0. The summed E-state index contributed by atoms with van der Waals surface area (Å²) in [6.45, 7) is 3.39. The number of piperazine rings is 1. The van der Waals surface area contributed by atoms with Crippen molar-refractivity contribution in [2.45, 2.75) is 18.6 Å². The number of alkyl halides is 3. The van der Waals surface area contributed by atoms with Gasteiger partial charge in [0.15, 0.2) is 0 Å². The van der Waals surface area contributed by atoms with Crippen molar-refractivity contribution in [1.29, 1.82) is 0 Å². The highest BCUT2D eigenvalue weighted by Crippen LogP contribution is 2.35. The molecule has 2 aromatic rings. The maximum atomic E-state index is 13.1. The molecule has 33 heavy (non-hydrogen) atoms. The van der Waals surface area contributed by atoms with Gasteiger partial charge in [-0.05, 0) is 48.9 Å². The first-order valence-corrected chi connectivity index (χ1v) is 11.3. The van der Waals surface area contributed by atoms with Gasteiger partial charge in [-0.3, -0.25) is 14.5 Å². The summed E-state index contributed by atoms with van der Waals surface area (Å²) >= 11 is 11.6. The Labute approximate surface area is 199 Å². The molecule has 0 bridgehead atoms. The van der Waals surface area contributed by atoms with Crippen molar-refractivity contribution in [3.8, 4) is 0 Å². The molecule has 0 saturated carbocycles. The van der Waals surface area contributed by atoms with Crippen molar-refractivity contribution < 1.29 is 22.8 Å². The maximum Gasteiger partial charge on any atom is 0.417 e. The fourth-order valence-electron chi connectivity index (χ4n) is 4.35. The van der Waals surface area contributed by atoms with Gasteiger partial charge in [0, 0.05) is 61.5 Å². The highest BCUT2D eigenvalue weighted by atomic mass is 35.5. The highest BCUT2D eigenvalue weighted by Gasteiger charge is 2.36. The standard InChI is InChI=1S/C23H22Cl2F3N3O2/c24-17-4-1-15(2-5-17)21(32)30-11-9-29(10-12-30)18-7-8-31(14-18)22(33)16-3-6-20(25)19(13-16)23(26,27)28/h1-6,13,18H,7-12,14H2. The van der Waals surface area contributed by atoms with Crippen molar-refractivity contribution in [3.63, 3.8) is 0 Å². The van der Waals surface area contributed by atoms with Gasteiger partial charge in [-0.2, -0.15) is 13.2 Å². The van der Waals surface area contributed by atoms with Crippen LogP contribution in [0, 0.1) is 0 Å². The average molecular weight is 500 g/mol. The topological polar surface area (TPSA) is 43.9 Å². The van der Waals surface area contributed by atoms with E-state index in [0.29, 0.717) is 49.9 Å². The van der Waals surface area contributed by atoms with E-state index in [4.69, 9.17) is 23.2 Å². The number of carbonyl (C=O) groups is 2. The fraction of sp³-hybridized carbons (Fsp3) is 0.391. The molecular weight excluding hydrogens is 478 g/mol. The van der Waals surface area contributed by atoms with Crippen molar-refractivity contribution in [2.75, 3.05) is 39.3 Å². The summed E-state index contributed by atoms with van der Waals surface area (Å²) in [4.78, 5) is 31.1. The number of benzene rings is 2. The minimum Gasteiger partial charge on any atom is -0.337 e. The number of likely N-dealkylation sites (tertiary alicyclic amines) is 1. The van der Waals surface area contributed by atoms with Gasteiger partial charge in [0.25, 0.3) is 11.8 Å². The minimum atomic E-state index is -4.62. The van der Waals surface area contributed by atoms with Crippen LogP contribution in [0.3, 0.4) is 0 Å². The Bertz CT molecular complexity index is 1040. The lowest BCUT2D eigenvalue weighted by Crippen LogP contribution is -2.52. The number of halogens is 5. The summed E-state index contributed by atoms with van der Waals surface area (Å²) in [5.74, 6) is -0.478. The molecule has 2 amide bonds. The number of rotatable bonds is 3. The molecule has 10 heteroatoms. The number of hydrogen-bond donors (Lipinski definition) is 0. The van der Waals surface area contributed by atoms with Gasteiger partial charge in [-0.15, -0.1) is 0 Å². The van der Waals surface area contributed by atoms with Crippen molar-refractivity contribution in [1.82, 2.24) is 14.7 Å². The summed E-state index contributed by atoms with van der Waals surface area (Å²) < 4.78 is 39.4. The van der Waals surface area contributed by atoms with E-state index in [1.807, 2.05) is 0 Å². The summed E-state index contributed by atoms with van der Waals surface area (Å²) in [5.41, 5.74) is -0.440. The Hall–Kier alpha value is -2.29. The van der Waals surface area contributed by atoms with Gasteiger partial charge in [-0.25, -0.2) is 0 Å². The Morgan fingerprint density at radius 2 is 1.42 bits per heavy atom. The molecule has 0 aromatic heterocycles. The molecule has 0 spiro atoms. The van der Waals surface area contributed by atoms with Gasteiger partial charge in [0.2, 0.25) is 0 Å². The van der Waals surface area contributed by atoms with Crippen LogP contribution < -0.4 is 0 Å². The Morgan fingerprint density at radius 3 is 2.06 bits per heavy atom. The van der Waals surface area contributed by atoms with Crippen LogP contribution in [0.15, 0.2) is 42.5 Å². The molecule has 2 fully saturated rings. The van der Waals surface area contributed by atoms with Gasteiger partial charge >= 0.3 is 6.18 Å². The average Bonchev–Trinajstić information content (AvgIpc) is 3.29. The van der Waals surface area contributed by atoms with Gasteiger partial charge in [-0.1, -0.05) is 23.2 Å². The first-order valence-electron chi connectivity index (χ1n) is 10.6. The summed E-state index contributed by atoms with van der Waals surface area (Å²) in [6, 6.07) is 10.2. The number of nitrogens with zero attached hydrogens (tertiary/aromatic N) is 3. The van der Waals surface area contributed by atoms with Crippen LogP contribution in [0.5, 0.6) is 0 Å². The zero-order valence-electron chi connectivity index (χ0n) is 17.6. The molecule has 5 nitrogen and oxygen atoms in total. The van der Waals surface area contributed by atoms with E-state index in [1.165, 1.54) is 6.07 Å². The number of amides is 2. The lowest BCUT2D eigenvalue weighted by molar-refractivity contribution is -0.137. The van der Waals surface area contributed by atoms with E-state index < -0.39 is 22.7 Å². The third-order valence-electron chi connectivity index (χ3n) is 6.18. The largest absolute Gasteiger partial charge is 0.417 e. The zero-order valence-corrected chi connectivity index (χ0v) is 19.1. The van der Waals surface area contributed by atoms with Gasteiger partial charge < -0.3 is 9.80 Å². The van der Waals surface area contributed by atoms with Crippen LogP contribution in [0.2, 0.25) is 10.0 Å². The normalized spacial score (nSPS) is 19.7. The van der Waals surface area contributed by atoms with Crippen LogP contribution >= 0.6 is 23.2 Å². The molecule has 0 aliphatic carbocycles. The van der Waals surface area contributed by atoms with E-state index in [0.717, 1.165) is 18.6 Å². The predicted octanol–water partition coefficient (Wildman–Crippen LogP) is 4.68. The number of carbonyl (C=O) groups excluding carboxylic acids is 2. The van der Waals surface area contributed by atoms with Crippen molar-refractivity contribution in [3.05, 3.63) is 69.2 Å². The second-order valence-electron chi connectivity index (χ2n) is 8.22. The van der Waals surface area contributed by atoms with Crippen molar-refractivity contribution in [2.24, 2.45) is 0 Å². The van der Waals surface area contributed by atoms with E-state index >= 15 is 0 Å². The smallest absolute Gasteiger partial charge is 0.337 e. The quantitative estimate of drug-likeness (QED) is 0.615. The van der Waals surface area contributed by atoms with E-state index in [-0.39, 0.29) is 17.5 Å². The molecular formula is C23H22Cl2F3N3O2. The highest BCUT2D eigenvalue weighted by molar-refractivity contribution is 6.31. The Morgan fingerprint density at radius 1 is 0.818 bits per heavy atom. The molecule has 1 atom stereocenters. The van der Waals surface area contributed by atoms with Crippen LogP contribution in [0.4, 0.5) is 13.2 Å². The summed E-state index contributed by atoms with van der Waals surface area (Å²) in [5, 5.41) is 0.148. The first kappa shape index (κ1) is 23.9. The van der Waals surface area contributed by atoms with Gasteiger partial charge in [0.05, 0.1) is 10.6 Å². The zero-order chi connectivity index (χ0) is 23.8. The lowest BCUT2D eigenvalue weighted by atomic mass is 10.1. The molecule has 2 heterocycles. The van der Waals surface area contributed by atoms with Crippen LogP contribution in [-0.2, 0) is 6.18 Å². The van der Waals surface area contributed by atoms with E-state index in [9.17, 15) is 22.8 Å². The third kappa shape index (κ3) is 5.28. The minimum absolute atomic E-state index is 0.0224. The van der Waals surface area contributed by atoms with E-state index in [1.54, 1.807) is 34.1 Å². The fourth-order valence-corrected chi connectivity index (χ4v) is 4.70. The molecule has 0 N–H and O–H groups in total. The van der Waals surface area contributed by atoms with Crippen LogP contribution in [0.25, 0.3) is 0 Å². The predicted molar refractivity (Wildman–Crippen MR) is 120 cm³/mol. The molecule has 1 unspecified atom stereocenters. The number of hydrogen-bond acceptors (Lipinski definition) is 3. The second-order valence-corrected chi connectivity index (χ2v) is 9.06. The molecule has 176 valence electrons. The lowest BCUT2D eigenvalue weighted by Gasteiger charge is -2.38. The molecule has 2 aliphatic rings. The SMILES string of the molecule is O=C(c1ccc(Cl)cc1)N1CCN(C2CCN(C(=O)c3ccc(Cl)c(C(F)(F)F)c3)C2)CC1. The van der Waals surface area contributed by atoms with Crippen LogP contribution in [0.1, 0.15) is 32.7 Å². The molecule has 2 aromatic carbocycles. The Kier molecular flexibility index (Phi) is 6.88. The molecule has 0 radical (unpaired) electrons. The molecule has 2 aliphatic heterocycles. The summed E-state index contributed by atoms with van der Waals surface area (Å²) in [6.07, 6.45) is -3.89. The Balaban J connectivity index is 1.34. The first-order chi connectivity index (χ1) is 15.6. The monoisotopic (exact) mass is 499 g/mol. The van der Waals surface area contributed by atoms with Crippen molar-refractivity contribution >= 4 is 35.0 Å². The van der Waals surface area contributed by atoms with Gasteiger partial charge in [0.1, 0.15) is 0 Å².